The molecule has 0 aliphatic carbocycles. The maximum Gasteiger partial charge on any atom is 0.420 e. The number of nitrogens with one attached hydrogen (secondary N) is 1. The third-order valence-corrected chi connectivity index (χ3v) is 3.56. The Kier molecular flexibility index (Phi) is 3.92. The molecule has 1 aromatic heterocycles. The molecule has 3 aromatic rings. The summed E-state index contributed by atoms with van der Waals surface area (Å²) in [6.45, 7) is 0. The highest BCUT2D eigenvalue weighted by Crippen LogP contribution is 2.38. The molecule has 0 fully saturated rings. The molecule has 0 aliphatic rings. The van der Waals surface area contributed by atoms with Crippen molar-refractivity contribution in [2.75, 3.05) is 7.11 Å². The number of methoxy groups -OCH3 is 1. The predicted molar refractivity (Wildman–Crippen MR) is 85.2 cm³/mol. The van der Waals surface area contributed by atoms with Crippen LogP contribution in [0.4, 0.5) is 18.9 Å². The van der Waals surface area contributed by atoms with E-state index in [1.165, 1.54) is 25.5 Å². The molecule has 0 saturated carbocycles. The molecule has 2 aromatic carbocycles. The minimum atomic E-state index is -4.54. The van der Waals surface area contributed by atoms with E-state index in [1.54, 1.807) is 24.3 Å². The van der Waals surface area contributed by atoms with Crippen molar-refractivity contribution in [3.05, 3.63) is 53.6 Å². The summed E-state index contributed by atoms with van der Waals surface area (Å²) in [6.07, 6.45) is -3.21. The fraction of sp³-hybridized carbons (Fsp3) is 0.118. The van der Waals surface area contributed by atoms with Gasteiger partial charge in [-0.3, -0.25) is 4.99 Å². The average molecular weight is 334 g/mol. The normalized spacial score (nSPS) is 12.2. The zero-order chi connectivity index (χ0) is 17.3. The summed E-state index contributed by atoms with van der Waals surface area (Å²) in [7, 11) is 1.18. The smallest absolute Gasteiger partial charge is 0.420 e. The van der Waals surface area contributed by atoms with Crippen LogP contribution in [0.1, 0.15) is 11.1 Å². The number of H-pyrrole nitrogens is 1. The van der Waals surface area contributed by atoms with Gasteiger partial charge in [0.1, 0.15) is 5.75 Å². The van der Waals surface area contributed by atoms with Crippen molar-refractivity contribution in [2.24, 2.45) is 4.99 Å². The van der Waals surface area contributed by atoms with Crippen LogP contribution in [-0.4, -0.2) is 23.4 Å². The molecule has 24 heavy (non-hydrogen) atoms. The lowest BCUT2D eigenvalue weighted by molar-refractivity contribution is -0.138. The van der Waals surface area contributed by atoms with Crippen molar-refractivity contribution < 1.29 is 23.0 Å². The second-order valence-corrected chi connectivity index (χ2v) is 5.07. The topological polar surface area (TPSA) is 57.6 Å². The Morgan fingerprint density at radius 2 is 1.92 bits per heavy atom. The van der Waals surface area contributed by atoms with Crippen molar-refractivity contribution >= 4 is 22.8 Å². The lowest BCUT2D eigenvalue weighted by Gasteiger charge is -2.12. The second-order valence-electron chi connectivity index (χ2n) is 5.07. The number of halogens is 3. The number of alkyl halides is 3. The number of hydrogen-bond donors (Lipinski definition) is 2. The molecular weight excluding hydrogens is 321 g/mol. The second kappa shape index (κ2) is 5.92. The number of para-hydroxylation sites is 1. The quantitative estimate of drug-likeness (QED) is 0.685. The number of aromatic hydroxyl groups is 1. The molecule has 0 radical (unpaired) electrons. The van der Waals surface area contributed by atoms with E-state index in [1.807, 2.05) is 0 Å². The molecule has 4 nitrogen and oxygen atoms in total. The van der Waals surface area contributed by atoms with Gasteiger partial charge in [0.2, 0.25) is 0 Å². The highest BCUT2D eigenvalue weighted by molar-refractivity contribution is 6.02. The van der Waals surface area contributed by atoms with Crippen LogP contribution in [-0.2, 0) is 6.18 Å². The molecule has 7 heteroatoms. The Bertz CT molecular complexity index is 914. The molecular formula is C17H13F3N2O2. The van der Waals surface area contributed by atoms with Crippen LogP contribution < -0.4 is 4.74 Å². The van der Waals surface area contributed by atoms with Gasteiger partial charge in [-0.1, -0.05) is 18.2 Å². The van der Waals surface area contributed by atoms with E-state index < -0.39 is 11.7 Å². The standard InChI is InChI=1S/C17H13F3N2O2/c1-24-15-7-6-10(8-13(15)17(18,19)20)21-9-12-11-4-2-3-5-14(11)22-16(12)23/h2-9,22-23H,1H3. The zero-order valence-corrected chi connectivity index (χ0v) is 12.6. The van der Waals surface area contributed by atoms with Gasteiger partial charge in [0.15, 0.2) is 5.88 Å². The van der Waals surface area contributed by atoms with Crippen molar-refractivity contribution in [3.8, 4) is 11.6 Å². The fourth-order valence-corrected chi connectivity index (χ4v) is 2.42. The van der Waals surface area contributed by atoms with Crippen molar-refractivity contribution in [3.63, 3.8) is 0 Å². The van der Waals surface area contributed by atoms with Crippen LogP contribution in [0.2, 0.25) is 0 Å². The molecule has 0 spiro atoms. The van der Waals surface area contributed by atoms with Gasteiger partial charge in [-0.05, 0) is 24.3 Å². The first-order valence-corrected chi connectivity index (χ1v) is 6.99. The number of benzene rings is 2. The van der Waals surface area contributed by atoms with Gasteiger partial charge >= 0.3 is 6.18 Å². The maximum absolute atomic E-state index is 13.0. The summed E-state index contributed by atoms with van der Waals surface area (Å²) in [5, 5.41) is 10.7. The van der Waals surface area contributed by atoms with Gasteiger partial charge < -0.3 is 14.8 Å². The molecule has 0 atom stereocenters. The lowest BCUT2D eigenvalue weighted by Crippen LogP contribution is -2.07. The van der Waals surface area contributed by atoms with E-state index in [4.69, 9.17) is 4.74 Å². The minimum Gasteiger partial charge on any atom is -0.496 e. The molecule has 0 amide bonds. The molecule has 2 N–H and O–H groups in total. The van der Waals surface area contributed by atoms with E-state index in [9.17, 15) is 18.3 Å². The van der Waals surface area contributed by atoms with E-state index in [2.05, 4.69) is 9.98 Å². The number of aliphatic imine (C=N–C) groups is 1. The van der Waals surface area contributed by atoms with Crippen LogP contribution in [0.15, 0.2) is 47.5 Å². The number of ether oxygens (including phenoxy) is 1. The molecule has 0 saturated heterocycles. The highest BCUT2D eigenvalue weighted by atomic mass is 19.4. The van der Waals surface area contributed by atoms with Crippen molar-refractivity contribution in [2.45, 2.75) is 6.18 Å². The first-order chi connectivity index (χ1) is 11.4. The third kappa shape index (κ3) is 2.92. The average Bonchev–Trinajstić information content (AvgIpc) is 2.87. The third-order valence-electron chi connectivity index (χ3n) is 3.56. The number of aromatic nitrogens is 1. The lowest BCUT2D eigenvalue weighted by atomic mass is 10.1. The highest BCUT2D eigenvalue weighted by Gasteiger charge is 2.34. The van der Waals surface area contributed by atoms with Crippen molar-refractivity contribution in [1.82, 2.24) is 4.98 Å². The first kappa shape index (κ1) is 15.9. The van der Waals surface area contributed by atoms with Gasteiger partial charge in [-0.25, -0.2) is 0 Å². The number of fused-ring (bicyclic) bond motifs is 1. The largest absolute Gasteiger partial charge is 0.496 e. The summed E-state index contributed by atoms with van der Waals surface area (Å²) >= 11 is 0. The molecule has 0 aliphatic heterocycles. The Morgan fingerprint density at radius 3 is 2.62 bits per heavy atom. The maximum atomic E-state index is 13.0. The van der Waals surface area contributed by atoms with Crippen LogP contribution >= 0.6 is 0 Å². The van der Waals surface area contributed by atoms with Crippen molar-refractivity contribution in [1.29, 1.82) is 0 Å². The summed E-state index contributed by atoms with van der Waals surface area (Å²) in [6, 6.07) is 10.7. The molecule has 1 heterocycles. The Hall–Kier alpha value is -2.96. The number of hydrogen-bond acceptors (Lipinski definition) is 3. The predicted octanol–water partition coefficient (Wildman–Crippen LogP) is 4.65. The summed E-state index contributed by atoms with van der Waals surface area (Å²) < 4.78 is 43.8. The number of nitrogens with zero attached hydrogens (tertiary/aromatic N) is 1. The van der Waals surface area contributed by atoms with E-state index in [0.29, 0.717) is 11.1 Å². The van der Waals surface area contributed by atoms with Gasteiger partial charge in [-0.15, -0.1) is 0 Å². The molecule has 0 bridgehead atoms. The minimum absolute atomic E-state index is 0.0930. The van der Waals surface area contributed by atoms with E-state index in [-0.39, 0.29) is 17.3 Å². The Morgan fingerprint density at radius 1 is 1.17 bits per heavy atom. The summed E-state index contributed by atoms with van der Waals surface area (Å²) in [5.41, 5.74) is 0.327. The van der Waals surface area contributed by atoms with Gasteiger partial charge in [0.05, 0.1) is 23.9 Å². The van der Waals surface area contributed by atoms with Crippen LogP contribution in [0.5, 0.6) is 11.6 Å². The van der Waals surface area contributed by atoms with Gasteiger partial charge in [0, 0.05) is 17.1 Å². The SMILES string of the molecule is COc1ccc(N=Cc2c(O)[nH]c3ccccc23)cc1C(F)(F)F. The molecule has 124 valence electrons. The number of rotatable bonds is 3. The first-order valence-electron chi connectivity index (χ1n) is 6.99. The summed E-state index contributed by atoms with van der Waals surface area (Å²) in [4.78, 5) is 6.83. The zero-order valence-electron chi connectivity index (χ0n) is 12.6. The van der Waals surface area contributed by atoms with Crippen LogP contribution in [0.3, 0.4) is 0 Å². The summed E-state index contributed by atoms with van der Waals surface area (Å²) in [5.74, 6) is -0.360. The van der Waals surface area contributed by atoms with E-state index in [0.717, 1.165) is 11.5 Å². The number of aromatic amines is 1. The molecule has 3 rings (SSSR count). The Balaban J connectivity index is 2.01. The fourth-order valence-electron chi connectivity index (χ4n) is 2.42. The Labute approximate surface area is 135 Å². The molecule has 0 unspecified atom stereocenters. The van der Waals surface area contributed by atoms with Gasteiger partial charge in [-0.2, -0.15) is 13.2 Å². The van der Waals surface area contributed by atoms with Crippen LogP contribution in [0, 0.1) is 0 Å². The van der Waals surface area contributed by atoms with Crippen LogP contribution in [0.25, 0.3) is 10.9 Å². The monoisotopic (exact) mass is 334 g/mol. The van der Waals surface area contributed by atoms with E-state index >= 15 is 0 Å². The van der Waals surface area contributed by atoms with Gasteiger partial charge in [0.25, 0.3) is 0 Å².